The number of carbonyl (C=O) groups is 1. The number of hydrogen-bond donors (Lipinski definition) is 1. The Morgan fingerprint density at radius 2 is 2.25 bits per heavy atom. The Hall–Kier alpha value is -1.56. The van der Waals surface area contributed by atoms with Crippen LogP contribution in [0.2, 0.25) is 5.02 Å². The van der Waals surface area contributed by atoms with Gasteiger partial charge in [-0.1, -0.05) is 24.1 Å². The van der Waals surface area contributed by atoms with Crippen molar-refractivity contribution < 1.29 is 14.6 Å². The summed E-state index contributed by atoms with van der Waals surface area (Å²) in [5, 5.41) is 12.3. The summed E-state index contributed by atoms with van der Waals surface area (Å²) in [6, 6.07) is 8.90. The second kappa shape index (κ2) is 7.55. The Kier molecular flexibility index (Phi) is 5.43. The quantitative estimate of drug-likeness (QED) is 0.851. The first-order valence-electron chi connectivity index (χ1n) is 7.97. The van der Waals surface area contributed by atoms with Gasteiger partial charge in [-0.2, -0.15) is 0 Å². The average Bonchev–Trinajstić information content (AvgIpc) is 3.10. The van der Waals surface area contributed by atoms with Crippen molar-refractivity contribution in [2.45, 2.75) is 31.3 Å². The number of methoxy groups -OCH3 is 1. The summed E-state index contributed by atoms with van der Waals surface area (Å²) in [6.45, 7) is 0.745. The van der Waals surface area contributed by atoms with Crippen molar-refractivity contribution in [3.63, 3.8) is 0 Å². The molecule has 1 aromatic heterocycles. The summed E-state index contributed by atoms with van der Waals surface area (Å²) in [4.78, 5) is 15.0. The second-order valence-corrected chi connectivity index (χ2v) is 7.31. The van der Waals surface area contributed by atoms with E-state index >= 15 is 0 Å². The summed E-state index contributed by atoms with van der Waals surface area (Å²) < 4.78 is 5.54. The van der Waals surface area contributed by atoms with Crippen LogP contribution in [0.1, 0.15) is 35.7 Å². The molecular weight excluding hydrogens is 346 g/mol. The molecule has 0 bridgehead atoms. The number of carboxylic acid groups (broad SMARTS) is 1. The van der Waals surface area contributed by atoms with Crippen LogP contribution in [-0.2, 0) is 4.79 Å². The van der Waals surface area contributed by atoms with Gasteiger partial charge in [-0.25, -0.2) is 0 Å². The van der Waals surface area contributed by atoms with Gasteiger partial charge in [0.25, 0.3) is 0 Å². The number of halogens is 1. The molecule has 2 unspecified atom stereocenters. The van der Waals surface area contributed by atoms with E-state index in [4.69, 9.17) is 16.3 Å². The molecule has 2 aromatic rings. The van der Waals surface area contributed by atoms with Gasteiger partial charge in [-0.05, 0) is 49.0 Å². The SMILES string of the molecule is COc1ccc(Cl)cc1C(c1cccs1)N1CCCCC1C(=O)O. The molecule has 2 heterocycles. The van der Waals surface area contributed by atoms with Crippen molar-refractivity contribution in [3.05, 3.63) is 51.2 Å². The first kappa shape index (κ1) is 17.3. The van der Waals surface area contributed by atoms with Crippen LogP contribution in [-0.4, -0.2) is 35.7 Å². The third-order valence-electron chi connectivity index (χ3n) is 4.46. The van der Waals surface area contributed by atoms with E-state index in [0.717, 1.165) is 35.6 Å². The number of rotatable bonds is 5. The maximum absolute atomic E-state index is 11.8. The molecule has 1 aromatic carbocycles. The van der Waals surface area contributed by atoms with E-state index in [9.17, 15) is 9.90 Å². The summed E-state index contributed by atoms with van der Waals surface area (Å²) >= 11 is 7.86. The molecule has 1 aliphatic rings. The lowest BCUT2D eigenvalue weighted by molar-refractivity contribution is -0.145. The van der Waals surface area contributed by atoms with Crippen LogP contribution in [0.15, 0.2) is 35.7 Å². The fourth-order valence-corrected chi connectivity index (χ4v) is 4.43. The number of piperidine rings is 1. The van der Waals surface area contributed by atoms with Crippen LogP contribution in [0.3, 0.4) is 0 Å². The first-order chi connectivity index (χ1) is 11.6. The van der Waals surface area contributed by atoms with Crippen molar-refractivity contribution in [1.29, 1.82) is 0 Å². The van der Waals surface area contributed by atoms with Crippen LogP contribution in [0.5, 0.6) is 5.75 Å². The fraction of sp³-hybridized carbons (Fsp3) is 0.389. The molecule has 2 atom stereocenters. The number of ether oxygens (including phenoxy) is 1. The van der Waals surface area contributed by atoms with Gasteiger partial charge in [-0.3, -0.25) is 9.69 Å². The molecule has 0 radical (unpaired) electrons. The van der Waals surface area contributed by atoms with E-state index in [1.54, 1.807) is 24.5 Å². The second-order valence-electron chi connectivity index (χ2n) is 5.89. The van der Waals surface area contributed by atoms with E-state index in [2.05, 4.69) is 4.90 Å². The normalized spacial score (nSPS) is 19.8. The smallest absolute Gasteiger partial charge is 0.320 e. The van der Waals surface area contributed by atoms with Crippen molar-refractivity contribution in [3.8, 4) is 5.75 Å². The number of likely N-dealkylation sites (tertiary alicyclic amines) is 1. The summed E-state index contributed by atoms with van der Waals surface area (Å²) in [6.07, 6.45) is 2.60. The van der Waals surface area contributed by atoms with E-state index in [0.29, 0.717) is 11.4 Å². The topological polar surface area (TPSA) is 49.8 Å². The number of thiophene rings is 1. The van der Waals surface area contributed by atoms with Crippen LogP contribution in [0.4, 0.5) is 0 Å². The molecule has 3 rings (SSSR count). The minimum Gasteiger partial charge on any atom is -0.496 e. The molecule has 1 fully saturated rings. The zero-order valence-corrected chi connectivity index (χ0v) is 15.0. The predicted octanol–water partition coefficient (Wildman–Crippen LogP) is 4.44. The third kappa shape index (κ3) is 3.43. The van der Waals surface area contributed by atoms with Crippen molar-refractivity contribution >= 4 is 28.9 Å². The minimum absolute atomic E-state index is 0.167. The molecule has 0 amide bonds. The number of hydrogen-bond acceptors (Lipinski definition) is 4. The molecule has 0 spiro atoms. The van der Waals surface area contributed by atoms with Crippen LogP contribution < -0.4 is 4.74 Å². The molecule has 1 saturated heterocycles. The fourth-order valence-electron chi connectivity index (χ4n) is 3.39. The molecule has 128 valence electrons. The minimum atomic E-state index is -0.766. The van der Waals surface area contributed by atoms with Crippen molar-refractivity contribution in [1.82, 2.24) is 4.90 Å². The Balaban J connectivity index is 2.11. The van der Waals surface area contributed by atoms with Crippen LogP contribution in [0, 0.1) is 0 Å². The maximum atomic E-state index is 11.8. The van der Waals surface area contributed by atoms with Gasteiger partial charge in [0.05, 0.1) is 13.2 Å². The first-order valence-corrected chi connectivity index (χ1v) is 9.23. The van der Waals surface area contributed by atoms with Gasteiger partial charge < -0.3 is 9.84 Å². The molecule has 1 N–H and O–H groups in total. The highest BCUT2D eigenvalue weighted by molar-refractivity contribution is 7.10. The summed E-state index contributed by atoms with van der Waals surface area (Å²) in [5.74, 6) is -0.0373. The predicted molar refractivity (Wildman–Crippen MR) is 96.1 cm³/mol. The highest BCUT2D eigenvalue weighted by Gasteiger charge is 2.36. The summed E-state index contributed by atoms with van der Waals surface area (Å²) in [5.41, 5.74) is 0.917. The molecule has 6 heteroatoms. The van der Waals surface area contributed by atoms with Gasteiger partial charge in [0.2, 0.25) is 0 Å². The zero-order chi connectivity index (χ0) is 17.1. The van der Waals surface area contributed by atoms with Gasteiger partial charge in [-0.15, -0.1) is 11.3 Å². The number of benzene rings is 1. The molecular formula is C18H20ClNO3S. The van der Waals surface area contributed by atoms with E-state index in [-0.39, 0.29) is 6.04 Å². The number of nitrogens with zero attached hydrogens (tertiary/aromatic N) is 1. The standard InChI is InChI=1S/C18H20ClNO3S/c1-23-15-8-7-12(19)11-13(15)17(16-6-4-10-24-16)20-9-3-2-5-14(20)18(21)22/h4,6-8,10-11,14,17H,2-3,5,9H2,1H3,(H,21,22). The lowest BCUT2D eigenvalue weighted by atomic mass is 9.95. The maximum Gasteiger partial charge on any atom is 0.320 e. The van der Waals surface area contributed by atoms with Crippen LogP contribution >= 0.6 is 22.9 Å². The molecule has 0 aliphatic carbocycles. The highest BCUT2D eigenvalue weighted by Crippen LogP contribution is 2.41. The Morgan fingerprint density at radius 1 is 1.42 bits per heavy atom. The van der Waals surface area contributed by atoms with E-state index in [1.807, 2.05) is 29.6 Å². The highest BCUT2D eigenvalue weighted by atomic mass is 35.5. The van der Waals surface area contributed by atoms with Gasteiger partial charge >= 0.3 is 5.97 Å². The van der Waals surface area contributed by atoms with Crippen molar-refractivity contribution in [2.75, 3.05) is 13.7 Å². The monoisotopic (exact) mass is 365 g/mol. The van der Waals surface area contributed by atoms with Gasteiger partial charge in [0.15, 0.2) is 0 Å². The Labute approximate surface area is 150 Å². The number of aliphatic carboxylic acids is 1. The zero-order valence-electron chi connectivity index (χ0n) is 13.4. The lowest BCUT2D eigenvalue weighted by Crippen LogP contribution is -2.46. The van der Waals surface area contributed by atoms with Gasteiger partial charge in [0, 0.05) is 15.5 Å². The Morgan fingerprint density at radius 3 is 2.92 bits per heavy atom. The average molecular weight is 366 g/mol. The molecule has 24 heavy (non-hydrogen) atoms. The van der Waals surface area contributed by atoms with Gasteiger partial charge in [0.1, 0.15) is 11.8 Å². The largest absolute Gasteiger partial charge is 0.496 e. The van der Waals surface area contributed by atoms with Crippen molar-refractivity contribution in [2.24, 2.45) is 0 Å². The lowest BCUT2D eigenvalue weighted by Gasteiger charge is -2.39. The summed E-state index contributed by atoms with van der Waals surface area (Å²) in [7, 11) is 1.63. The van der Waals surface area contributed by atoms with E-state index < -0.39 is 12.0 Å². The number of carboxylic acids is 1. The molecule has 1 aliphatic heterocycles. The Bertz CT molecular complexity index is 704. The van der Waals surface area contributed by atoms with E-state index in [1.165, 1.54) is 0 Å². The molecule has 4 nitrogen and oxygen atoms in total. The molecule has 0 saturated carbocycles. The van der Waals surface area contributed by atoms with Crippen LogP contribution in [0.25, 0.3) is 0 Å². The third-order valence-corrected chi connectivity index (χ3v) is 5.62.